The van der Waals surface area contributed by atoms with E-state index >= 15 is 0 Å². The first-order valence-electron chi connectivity index (χ1n) is 3.19. The third-order valence-electron chi connectivity index (χ3n) is 1.29. The number of hydrogen-bond donors (Lipinski definition) is 1. The van der Waals surface area contributed by atoms with Crippen molar-refractivity contribution in [1.29, 1.82) is 0 Å². The molecule has 11 heavy (non-hydrogen) atoms. The second-order valence-corrected chi connectivity index (χ2v) is 2.81. The lowest BCUT2D eigenvalue weighted by atomic mass is 10.2. The fraction of sp³-hybridized carbons (Fsp3) is 0.833. The highest BCUT2D eigenvalue weighted by atomic mass is 35.5. The van der Waals surface area contributed by atoms with Gasteiger partial charge in [-0.05, 0) is 0 Å². The summed E-state index contributed by atoms with van der Waals surface area (Å²) in [6.45, 7) is 2.01. The number of hydrogen-bond acceptors (Lipinski definition) is 2. The van der Waals surface area contributed by atoms with Crippen LogP contribution in [0.2, 0.25) is 0 Å². The summed E-state index contributed by atoms with van der Waals surface area (Å²) >= 11 is 10.9. The van der Waals surface area contributed by atoms with Gasteiger partial charge in [0, 0.05) is 6.54 Å². The number of aliphatic carboxylic acids is 1. The van der Waals surface area contributed by atoms with Crippen LogP contribution in [-0.2, 0) is 4.79 Å². The summed E-state index contributed by atoms with van der Waals surface area (Å²) in [5.74, 6) is -1.25. The van der Waals surface area contributed by atoms with Gasteiger partial charge in [-0.15, -0.1) is 23.2 Å². The van der Waals surface area contributed by atoms with E-state index in [-0.39, 0.29) is 12.0 Å². The van der Waals surface area contributed by atoms with Crippen LogP contribution in [-0.4, -0.2) is 34.5 Å². The second-order valence-electron chi connectivity index (χ2n) is 2.33. The number of halogens is 2. The largest absolute Gasteiger partial charge is 0.481 e. The van der Waals surface area contributed by atoms with E-state index in [1.54, 1.807) is 11.8 Å². The molecule has 0 radical (unpaired) electrons. The van der Waals surface area contributed by atoms with Gasteiger partial charge in [0.15, 0.2) is 0 Å². The van der Waals surface area contributed by atoms with Gasteiger partial charge in [0.2, 0.25) is 0 Å². The minimum Gasteiger partial charge on any atom is -0.481 e. The number of rotatable bonds is 5. The van der Waals surface area contributed by atoms with Crippen molar-refractivity contribution in [3.63, 3.8) is 0 Å². The summed E-state index contributed by atoms with van der Waals surface area (Å²) in [7, 11) is 0. The Morgan fingerprint density at radius 2 is 2.00 bits per heavy atom. The Labute approximate surface area is 75.9 Å². The van der Waals surface area contributed by atoms with Gasteiger partial charge in [-0.2, -0.15) is 0 Å². The molecule has 0 saturated carbocycles. The average molecular weight is 200 g/mol. The van der Waals surface area contributed by atoms with Crippen molar-refractivity contribution in [1.82, 2.24) is 4.90 Å². The van der Waals surface area contributed by atoms with Crippen molar-refractivity contribution in [3.8, 4) is 0 Å². The molecule has 0 saturated heterocycles. The van der Waals surface area contributed by atoms with Gasteiger partial charge in [0.1, 0.15) is 0 Å². The molecule has 3 nitrogen and oxygen atoms in total. The normalized spacial score (nSPS) is 13.5. The Morgan fingerprint density at radius 1 is 1.55 bits per heavy atom. The molecular formula is C6H11Cl2NO2. The molecule has 0 aliphatic carbocycles. The lowest BCUT2D eigenvalue weighted by Gasteiger charge is -2.17. The van der Waals surface area contributed by atoms with Crippen molar-refractivity contribution in [3.05, 3.63) is 0 Å². The molecule has 1 atom stereocenters. The summed E-state index contributed by atoms with van der Waals surface area (Å²) in [6, 6.07) is 0.530. The number of carboxylic acids is 1. The van der Waals surface area contributed by atoms with Crippen LogP contribution in [0.25, 0.3) is 0 Å². The Bertz CT molecular complexity index is 128. The smallest absolute Gasteiger partial charge is 0.307 e. The van der Waals surface area contributed by atoms with E-state index in [0.29, 0.717) is 6.54 Å². The monoisotopic (exact) mass is 199 g/mol. The van der Waals surface area contributed by atoms with Crippen LogP contribution >= 0.6 is 23.2 Å². The van der Waals surface area contributed by atoms with Gasteiger partial charge < -0.3 is 5.11 Å². The van der Waals surface area contributed by atoms with Crippen molar-refractivity contribution in [2.24, 2.45) is 5.92 Å². The molecule has 0 rings (SSSR count). The molecule has 66 valence electrons. The highest BCUT2D eigenvalue weighted by Gasteiger charge is 2.14. The molecule has 0 fully saturated rings. The van der Waals surface area contributed by atoms with Gasteiger partial charge >= 0.3 is 5.97 Å². The Morgan fingerprint density at radius 3 is 2.27 bits per heavy atom. The highest BCUT2D eigenvalue weighted by molar-refractivity contribution is 6.20. The minimum absolute atomic E-state index is 0.265. The van der Waals surface area contributed by atoms with Crippen molar-refractivity contribution >= 4 is 29.2 Å². The molecule has 0 spiro atoms. The molecule has 0 aliphatic heterocycles. The van der Waals surface area contributed by atoms with Crippen LogP contribution < -0.4 is 0 Å². The number of carbonyl (C=O) groups is 1. The van der Waals surface area contributed by atoms with Crippen LogP contribution in [0.1, 0.15) is 6.92 Å². The van der Waals surface area contributed by atoms with Gasteiger partial charge in [-0.25, -0.2) is 0 Å². The van der Waals surface area contributed by atoms with E-state index in [4.69, 9.17) is 28.3 Å². The minimum atomic E-state index is -0.828. The first kappa shape index (κ1) is 11.0. The van der Waals surface area contributed by atoms with Crippen LogP contribution in [0.3, 0.4) is 0 Å². The van der Waals surface area contributed by atoms with Crippen molar-refractivity contribution < 1.29 is 9.90 Å². The maximum Gasteiger partial charge on any atom is 0.307 e. The van der Waals surface area contributed by atoms with Gasteiger partial charge in [0.05, 0.1) is 17.9 Å². The first-order chi connectivity index (χ1) is 5.11. The number of alkyl halides is 2. The second kappa shape index (κ2) is 5.63. The molecule has 0 aliphatic rings. The third kappa shape index (κ3) is 4.45. The summed E-state index contributed by atoms with van der Waals surface area (Å²) in [6.07, 6.45) is 0. The van der Waals surface area contributed by atoms with E-state index in [1.165, 1.54) is 0 Å². The Kier molecular flexibility index (Phi) is 5.64. The summed E-state index contributed by atoms with van der Waals surface area (Å²) in [5.41, 5.74) is 0. The first-order valence-corrected chi connectivity index (χ1v) is 4.25. The van der Waals surface area contributed by atoms with Gasteiger partial charge in [-0.3, -0.25) is 9.69 Å². The van der Waals surface area contributed by atoms with E-state index < -0.39 is 11.9 Å². The lowest BCUT2D eigenvalue weighted by Crippen LogP contribution is -2.30. The van der Waals surface area contributed by atoms with E-state index in [0.717, 1.165) is 0 Å². The molecule has 5 heteroatoms. The van der Waals surface area contributed by atoms with Gasteiger partial charge in [0.25, 0.3) is 0 Å². The van der Waals surface area contributed by atoms with E-state index in [9.17, 15) is 4.79 Å². The Hall–Kier alpha value is 0.01000. The van der Waals surface area contributed by atoms with E-state index in [1.807, 2.05) is 0 Å². The average Bonchev–Trinajstić information content (AvgIpc) is 1.99. The summed E-state index contributed by atoms with van der Waals surface area (Å²) in [5, 5.41) is 8.51. The maximum atomic E-state index is 10.4. The molecule has 0 aromatic carbocycles. The number of nitrogens with zero attached hydrogens (tertiary/aromatic N) is 1. The zero-order valence-corrected chi connectivity index (χ0v) is 7.77. The van der Waals surface area contributed by atoms with E-state index in [2.05, 4.69) is 0 Å². The molecular weight excluding hydrogens is 189 g/mol. The SMILES string of the molecule is CC(CN(CCl)CCl)C(=O)O. The predicted molar refractivity (Wildman–Crippen MR) is 44.9 cm³/mol. The zero-order valence-electron chi connectivity index (χ0n) is 6.26. The Balaban J connectivity index is 3.71. The van der Waals surface area contributed by atoms with Crippen LogP contribution in [0, 0.1) is 5.92 Å². The molecule has 0 bridgehead atoms. The fourth-order valence-corrected chi connectivity index (χ4v) is 1.05. The topological polar surface area (TPSA) is 40.5 Å². The molecule has 1 N–H and O–H groups in total. The molecule has 0 heterocycles. The van der Waals surface area contributed by atoms with Crippen LogP contribution in [0.4, 0.5) is 0 Å². The van der Waals surface area contributed by atoms with Crippen molar-refractivity contribution in [2.45, 2.75) is 6.92 Å². The third-order valence-corrected chi connectivity index (χ3v) is 1.97. The van der Waals surface area contributed by atoms with Crippen molar-refractivity contribution in [2.75, 3.05) is 18.6 Å². The summed E-state index contributed by atoms with van der Waals surface area (Å²) < 4.78 is 0. The molecule has 0 aromatic heterocycles. The lowest BCUT2D eigenvalue weighted by molar-refractivity contribution is -0.141. The molecule has 1 unspecified atom stereocenters. The summed E-state index contributed by atoms with van der Waals surface area (Å²) in [4.78, 5) is 12.0. The zero-order chi connectivity index (χ0) is 8.85. The predicted octanol–water partition coefficient (Wildman–Crippen LogP) is 1.40. The standard InChI is InChI=1S/C6H11Cl2NO2/c1-5(6(10)11)2-9(3-7)4-8/h5H,2-4H2,1H3,(H,10,11). The quantitative estimate of drug-likeness (QED) is 0.538. The number of carboxylic acid groups (broad SMARTS) is 1. The highest BCUT2D eigenvalue weighted by Crippen LogP contribution is 2.02. The van der Waals surface area contributed by atoms with Gasteiger partial charge in [-0.1, -0.05) is 6.92 Å². The van der Waals surface area contributed by atoms with Crippen LogP contribution in [0.5, 0.6) is 0 Å². The maximum absolute atomic E-state index is 10.4. The van der Waals surface area contributed by atoms with Crippen LogP contribution in [0.15, 0.2) is 0 Å². The molecule has 0 amide bonds. The fourth-order valence-electron chi connectivity index (χ4n) is 0.595. The molecule has 0 aromatic rings.